The molecule has 0 unspecified atom stereocenters. The molecule has 0 bridgehead atoms. The van der Waals surface area contributed by atoms with Gasteiger partial charge in [0.25, 0.3) is 0 Å². The van der Waals surface area contributed by atoms with Crippen LogP contribution in [0.4, 0.5) is 0 Å². The van der Waals surface area contributed by atoms with Crippen molar-refractivity contribution >= 4 is 17.9 Å². The maximum Gasteiger partial charge on any atom is 0.308 e. The first-order valence-electron chi connectivity index (χ1n) is 14.3. The Bertz CT molecular complexity index is 710. The molecule has 4 N–H and O–H groups in total. The van der Waals surface area contributed by atoms with Crippen molar-refractivity contribution in [2.45, 2.75) is 116 Å². The zero-order valence-electron chi connectivity index (χ0n) is 26.9. The Morgan fingerprint density at radius 3 is 1.17 bits per heavy atom. The first-order chi connectivity index (χ1) is 19.2. The molecule has 0 rings (SSSR count). The fourth-order valence-corrected chi connectivity index (χ4v) is 3.30. The normalized spacial score (nSPS) is 14.3. The summed E-state index contributed by atoms with van der Waals surface area (Å²) in [5, 5.41) is 32.4. The molecule has 0 aliphatic rings. The molecule has 42 heavy (non-hydrogen) atoms. The minimum absolute atomic E-state index is 0.00990. The number of carbonyl (C=O) groups excluding carboxylic acids is 3. The third kappa shape index (κ3) is 21.8. The van der Waals surface area contributed by atoms with E-state index in [4.69, 9.17) is 28.4 Å². The van der Waals surface area contributed by atoms with E-state index in [9.17, 15) is 29.7 Å². The lowest BCUT2D eigenvalue weighted by Gasteiger charge is -2.35. The van der Waals surface area contributed by atoms with Crippen LogP contribution in [0.5, 0.6) is 0 Å². The average molecular weight is 610 g/mol. The maximum absolute atomic E-state index is 12.1. The third-order valence-electron chi connectivity index (χ3n) is 5.06. The molecule has 0 heterocycles. The zero-order valence-corrected chi connectivity index (χ0v) is 26.9. The van der Waals surface area contributed by atoms with E-state index in [0.29, 0.717) is 0 Å². The van der Waals surface area contributed by atoms with Crippen LogP contribution in [-0.4, -0.2) is 121 Å². The smallest absolute Gasteiger partial charge is 0.308 e. The van der Waals surface area contributed by atoms with Gasteiger partial charge in [-0.25, -0.2) is 0 Å². The molecule has 0 aliphatic heterocycles. The van der Waals surface area contributed by atoms with Crippen molar-refractivity contribution in [2.24, 2.45) is 0 Å². The summed E-state index contributed by atoms with van der Waals surface area (Å²) < 4.78 is 33.3. The van der Waals surface area contributed by atoms with E-state index in [2.05, 4.69) is 5.32 Å². The van der Waals surface area contributed by atoms with Gasteiger partial charge in [-0.05, 0) is 62.3 Å². The number of nitrogens with one attached hydrogen (secondary N) is 1. The van der Waals surface area contributed by atoms with E-state index in [-0.39, 0.29) is 65.4 Å². The van der Waals surface area contributed by atoms with Crippen molar-refractivity contribution in [1.82, 2.24) is 5.32 Å². The van der Waals surface area contributed by atoms with E-state index in [1.807, 2.05) is 0 Å². The number of esters is 3. The number of rotatable bonds is 20. The summed E-state index contributed by atoms with van der Waals surface area (Å²) in [6.45, 7) is 14.8. The lowest BCUT2D eigenvalue weighted by molar-refractivity contribution is -0.157. The monoisotopic (exact) mass is 609 g/mol. The van der Waals surface area contributed by atoms with Gasteiger partial charge in [0, 0.05) is 6.54 Å². The molecular weight excluding hydrogens is 554 g/mol. The van der Waals surface area contributed by atoms with Gasteiger partial charge < -0.3 is 49.1 Å². The first kappa shape index (κ1) is 40.1. The van der Waals surface area contributed by atoms with Gasteiger partial charge in [-0.15, -0.1) is 0 Å². The van der Waals surface area contributed by atoms with Gasteiger partial charge in [-0.1, -0.05) is 0 Å². The summed E-state index contributed by atoms with van der Waals surface area (Å²) in [4.78, 5) is 36.3. The van der Waals surface area contributed by atoms with Gasteiger partial charge in [0.15, 0.2) is 0 Å². The Morgan fingerprint density at radius 1 is 0.595 bits per heavy atom. The van der Waals surface area contributed by atoms with E-state index in [1.165, 1.54) is 0 Å². The number of ether oxygens (including phenoxy) is 6. The SMILES string of the molecule is CC(C)(C)OC(=O)CCOCC(COCCC(=O)OC(C)(C)C)(COCCC(=O)OC(C)(C)C)NC[C@H](O)[C@H](O)CO. The molecule has 0 radical (unpaired) electrons. The van der Waals surface area contributed by atoms with Crippen LogP contribution in [0.15, 0.2) is 0 Å². The standard InChI is InChI=1S/C29H55NO12/c1-26(2,3)40-23(34)10-13-37-18-29(30-16-21(32)22(33)17-31,19-38-14-11-24(35)41-27(4,5)6)20-39-15-12-25(36)42-28(7,8)9/h21-22,30-33H,10-20H2,1-9H3/t21-,22+/m0/s1. The van der Waals surface area contributed by atoms with Gasteiger partial charge in [-0.3, -0.25) is 14.4 Å². The van der Waals surface area contributed by atoms with Crippen LogP contribution >= 0.6 is 0 Å². The lowest BCUT2D eigenvalue weighted by atomic mass is 10.0. The van der Waals surface area contributed by atoms with Crippen LogP contribution in [-0.2, 0) is 42.8 Å². The summed E-state index contributed by atoms with van der Waals surface area (Å²) >= 11 is 0. The molecule has 0 fully saturated rings. The molecule has 0 spiro atoms. The molecule has 13 nitrogen and oxygen atoms in total. The van der Waals surface area contributed by atoms with E-state index in [1.54, 1.807) is 62.3 Å². The second-order valence-corrected chi connectivity index (χ2v) is 13.1. The predicted molar refractivity (Wildman–Crippen MR) is 154 cm³/mol. The minimum Gasteiger partial charge on any atom is -0.460 e. The van der Waals surface area contributed by atoms with Crippen LogP contribution in [0.1, 0.15) is 81.6 Å². The van der Waals surface area contributed by atoms with Crippen LogP contribution in [0.25, 0.3) is 0 Å². The molecule has 0 amide bonds. The molecule has 0 aliphatic carbocycles. The summed E-state index contributed by atoms with van der Waals surface area (Å²) in [5.41, 5.74) is -3.08. The first-order valence-corrected chi connectivity index (χ1v) is 14.3. The quantitative estimate of drug-likeness (QED) is 0.0882. The lowest BCUT2D eigenvalue weighted by Crippen LogP contribution is -2.59. The van der Waals surface area contributed by atoms with Crippen LogP contribution in [0, 0.1) is 0 Å². The van der Waals surface area contributed by atoms with Gasteiger partial charge >= 0.3 is 17.9 Å². The second kappa shape index (κ2) is 18.7. The Kier molecular flexibility index (Phi) is 17.9. The Morgan fingerprint density at radius 2 is 0.905 bits per heavy atom. The maximum atomic E-state index is 12.1. The molecule has 13 heteroatoms. The Hall–Kier alpha value is -1.87. The predicted octanol–water partition coefficient (Wildman–Crippen LogP) is 1.27. The zero-order chi connectivity index (χ0) is 32.6. The highest BCUT2D eigenvalue weighted by Gasteiger charge is 2.33. The van der Waals surface area contributed by atoms with E-state index < -0.39 is 59.1 Å². The molecule has 248 valence electrons. The van der Waals surface area contributed by atoms with Gasteiger partial charge in [0.05, 0.1) is 77.2 Å². The fraction of sp³-hybridized carbons (Fsp3) is 0.897. The summed E-state index contributed by atoms with van der Waals surface area (Å²) in [6.07, 6.45) is -2.78. The third-order valence-corrected chi connectivity index (χ3v) is 5.06. The molecule has 0 saturated carbocycles. The topological polar surface area (TPSA) is 179 Å². The van der Waals surface area contributed by atoms with Gasteiger partial charge in [-0.2, -0.15) is 0 Å². The highest BCUT2D eigenvalue weighted by molar-refractivity contribution is 5.70. The number of carbonyl (C=O) groups is 3. The number of aliphatic hydroxyl groups is 3. The van der Waals surface area contributed by atoms with Crippen molar-refractivity contribution < 1.29 is 58.1 Å². The van der Waals surface area contributed by atoms with Crippen molar-refractivity contribution in [3.8, 4) is 0 Å². The van der Waals surface area contributed by atoms with Crippen molar-refractivity contribution in [3.05, 3.63) is 0 Å². The molecule has 0 aromatic rings. The largest absolute Gasteiger partial charge is 0.460 e. The molecular formula is C29H55NO12. The Labute approximate surface area is 250 Å². The van der Waals surface area contributed by atoms with Gasteiger partial charge in [0.2, 0.25) is 0 Å². The number of hydrogen-bond acceptors (Lipinski definition) is 13. The molecule has 0 aromatic carbocycles. The van der Waals surface area contributed by atoms with Crippen molar-refractivity contribution in [1.29, 1.82) is 0 Å². The van der Waals surface area contributed by atoms with Crippen molar-refractivity contribution in [2.75, 3.05) is 52.8 Å². The number of aliphatic hydroxyl groups excluding tert-OH is 3. The van der Waals surface area contributed by atoms with Crippen molar-refractivity contribution in [3.63, 3.8) is 0 Å². The second-order valence-electron chi connectivity index (χ2n) is 13.1. The van der Waals surface area contributed by atoms with Crippen LogP contribution in [0.3, 0.4) is 0 Å². The average Bonchev–Trinajstić information content (AvgIpc) is 2.81. The number of hydrogen-bond donors (Lipinski definition) is 4. The van der Waals surface area contributed by atoms with Gasteiger partial charge in [0.1, 0.15) is 22.9 Å². The molecule has 0 saturated heterocycles. The Balaban J connectivity index is 5.52. The van der Waals surface area contributed by atoms with E-state index in [0.717, 1.165) is 0 Å². The molecule has 2 atom stereocenters. The summed E-state index contributed by atoms with van der Waals surface area (Å²) in [7, 11) is 0. The van der Waals surface area contributed by atoms with Crippen LogP contribution < -0.4 is 5.32 Å². The van der Waals surface area contributed by atoms with E-state index >= 15 is 0 Å². The van der Waals surface area contributed by atoms with Crippen LogP contribution in [0.2, 0.25) is 0 Å². The number of β-amino-alcohol motifs (C(OH)–C–C–N with tert-alkyl or cyclic N) is 1. The fourth-order valence-electron chi connectivity index (χ4n) is 3.30. The molecule has 0 aromatic heterocycles. The summed E-state index contributed by atoms with van der Waals surface area (Å²) in [6, 6.07) is 0. The summed E-state index contributed by atoms with van der Waals surface area (Å²) in [5.74, 6) is -1.32. The minimum atomic E-state index is -1.40. The highest BCUT2D eigenvalue weighted by atomic mass is 16.6. The highest BCUT2D eigenvalue weighted by Crippen LogP contribution is 2.14.